The third-order valence-electron chi connectivity index (χ3n) is 4.84. The van der Waals surface area contributed by atoms with Crippen molar-refractivity contribution in [3.63, 3.8) is 0 Å². The summed E-state index contributed by atoms with van der Waals surface area (Å²) in [6.07, 6.45) is 2.12. The highest BCUT2D eigenvalue weighted by Gasteiger charge is 2.25. The maximum absolute atomic E-state index is 10.9. The second-order valence-corrected chi connectivity index (χ2v) is 6.33. The highest BCUT2D eigenvalue weighted by atomic mass is 35.5. The number of piperidine rings is 1. The number of halogens is 1. The Labute approximate surface area is 145 Å². The molecule has 0 aromatic heterocycles. The van der Waals surface area contributed by atoms with Crippen LogP contribution in [0.1, 0.15) is 36.5 Å². The van der Waals surface area contributed by atoms with Crippen LogP contribution >= 0.6 is 12.4 Å². The van der Waals surface area contributed by atoms with E-state index in [1.165, 1.54) is 16.7 Å². The summed E-state index contributed by atoms with van der Waals surface area (Å²) in [6, 6.07) is 6.89. The maximum atomic E-state index is 10.9. The van der Waals surface area contributed by atoms with E-state index in [4.69, 9.17) is 5.11 Å². The van der Waals surface area contributed by atoms with Crippen molar-refractivity contribution in [2.75, 3.05) is 26.2 Å². The van der Waals surface area contributed by atoms with E-state index < -0.39 is 5.97 Å². The number of carbonyl (C=O) groups is 1. The summed E-state index contributed by atoms with van der Waals surface area (Å²) in [6.45, 7) is 10.5. The van der Waals surface area contributed by atoms with Gasteiger partial charge in [0, 0.05) is 12.6 Å². The van der Waals surface area contributed by atoms with Gasteiger partial charge in [-0.2, -0.15) is 0 Å². The van der Waals surface area contributed by atoms with Crippen LogP contribution in [0.4, 0.5) is 0 Å². The number of rotatable bonds is 6. The molecule has 0 bridgehead atoms. The molecule has 1 fully saturated rings. The van der Waals surface area contributed by atoms with Gasteiger partial charge in [0.05, 0.1) is 6.54 Å². The molecular formula is C18H29ClN2O2. The van der Waals surface area contributed by atoms with Gasteiger partial charge in [-0.15, -0.1) is 12.4 Å². The lowest BCUT2D eigenvalue weighted by atomic mass is 9.99. The first kappa shape index (κ1) is 19.9. The predicted octanol–water partition coefficient (Wildman–Crippen LogP) is 3.10. The zero-order valence-corrected chi connectivity index (χ0v) is 15.2. The van der Waals surface area contributed by atoms with E-state index >= 15 is 0 Å². The molecule has 1 aliphatic heterocycles. The van der Waals surface area contributed by atoms with Crippen LogP contribution in [0.3, 0.4) is 0 Å². The molecule has 0 unspecified atom stereocenters. The van der Waals surface area contributed by atoms with E-state index in [1.807, 2.05) is 6.92 Å². The Morgan fingerprint density at radius 1 is 1.26 bits per heavy atom. The summed E-state index contributed by atoms with van der Waals surface area (Å²) < 4.78 is 0. The van der Waals surface area contributed by atoms with Crippen LogP contribution in [0.5, 0.6) is 0 Å². The zero-order valence-electron chi connectivity index (χ0n) is 14.4. The normalized spacial score (nSPS) is 16.3. The highest BCUT2D eigenvalue weighted by molar-refractivity contribution is 5.85. The second-order valence-electron chi connectivity index (χ2n) is 6.33. The highest BCUT2D eigenvalue weighted by Crippen LogP contribution is 2.21. The smallest absolute Gasteiger partial charge is 0.317 e. The van der Waals surface area contributed by atoms with Gasteiger partial charge in [0.2, 0.25) is 0 Å². The minimum absolute atomic E-state index is 0. The van der Waals surface area contributed by atoms with Crippen LogP contribution in [-0.4, -0.2) is 53.1 Å². The van der Waals surface area contributed by atoms with E-state index in [1.54, 1.807) is 0 Å². The molecule has 1 saturated heterocycles. The third kappa shape index (κ3) is 5.48. The van der Waals surface area contributed by atoms with Crippen LogP contribution in [0, 0.1) is 13.8 Å². The van der Waals surface area contributed by atoms with Crippen LogP contribution in [-0.2, 0) is 11.3 Å². The fourth-order valence-electron chi connectivity index (χ4n) is 3.44. The average molecular weight is 341 g/mol. The number of hydrogen-bond acceptors (Lipinski definition) is 3. The van der Waals surface area contributed by atoms with Crippen LogP contribution in [0.15, 0.2) is 18.2 Å². The standard InChI is InChI=1S/C18H28N2O2.ClH/c1-4-20(13-18(21)22)16-8-10-19(11-9-16)12-17-14(2)6-5-7-15(17)3;/h5-7,16H,4,8-13H2,1-3H3,(H,21,22);1H. The van der Waals surface area contributed by atoms with Crippen molar-refractivity contribution < 1.29 is 9.90 Å². The molecular weight excluding hydrogens is 312 g/mol. The first-order valence-electron chi connectivity index (χ1n) is 8.24. The Hall–Kier alpha value is -1.10. The molecule has 1 heterocycles. The number of hydrogen-bond donors (Lipinski definition) is 1. The molecule has 0 radical (unpaired) electrons. The topological polar surface area (TPSA) is 43.8 Å². The number of aliphatic carboxylic acids is 1. The molecule has 1 aliphatic rings. The van der Waals surface area contributed by atoms with Gasteiger partial charge in [-0.05, 0) is 63.0 Å². The summed E-state index contributed by atoms with van der Waals surface area (Å²) >= 11 is 0. The summed E-state index contributed by atoms with van der Waals surface area (Å²) in [5.41, 5.74) is 4.17. The van der Waals surface area contributed by atoms with Gasteiger partial charge >= 0.3 is 5.97 Å². The van der Waals surface area contributed by atoms with E-state index in [9.17, 15) is 4.79 Å². The monoisotopic (exact) mass is 340 g/mol. The Morgan fingerprint density at radius 3 is 2.30 bits per heavy atom. The molecule has 130 valence electrons. The number of aryl methyl sites for hydroxylation is 2. The molecule has 23 heavy (non-hydrogen) atoms. The van der Waals surface area contributed by atoms with Crippen molar-refractivity contribution in [3.05, 3.63) is 34.9 Å². The first-order chi connectivity index (χ1) is 10.5. The predicted molar refractivity (Wildman–Crippen MR) is 96.3 cm³/mol. The van der Waals surface area contributed by atoms with Gasteiger partial charge in [0.25, 0.3) is 0 Å². The van der Waals surface area contributed by atoms with Gasteiger partial charge in [-0.1, -0.05) is 25.1 Å². The molecule has 0 saturated carbocycles. The molecule has 1 aromatic rings. The van der Waals surface area contributed by atoms with Crippen LogP contribution in [0.25, 0.3) is 0 Å². The Morgan fingerprint density at radius 2 is 1.83 bits per heavy atom. The number of carboxylic acids is 1. The molecule has 0 aliphatic carbocycles. The minimum Gasteiger partial charge on any atom is -0.480 e. The lowest BCUT2D eigenvalue weighted by Crippen LogP contribution is -2.46. The number of likely N-dealkylation sites (N-methyl/N-ethyl adjacent to an activating group) is 1. The van der Waals surface area contributed by atoms with Crippen molar-refractivity contribution >= 4 is 18.4 Å². The largest absolute Gasteiger partial charge is 0.480 e. The van der Waals surface area contributed by atoms with Crippen LogP contribution < -0.4 is 0 Å². The van der Waals surface area contributed by atoms with Crippen LogP contribution in [0.2, 0.25) is 0 Å². The summed E-state index contributed by atoms with van der Waals surface area (Å²) in [7, 11) is 0. The Balaban J connectivity index is 0.00000264. The van der Waals surface area contributed by atoms with E-state index in [2.05, 4.69) is 41.8 Å². The molecule has 4 nitrogen and oxygen atoms in total. The maximum Gasteiger partial charge on any atom is 0.317 e. The number of benzene rings is 1. The Bertz CT molecular complexity index is 493. The lowest BCUT2D eigenvalue weighted by molar-refractivity contribution is -0.139. The first-order valence-corrected chi connectivity index (χ1v) is 8.24. The van der Waals surface area contributed by atoms with Crippen molar-refractivity contribution in [1.82, 2.24) is 9.80 Å². The van der Waals surface area contributed by atoms with E-state index in [-0.39, 0.29) is 19.0 Å². The van der Waals surface area contributed by atoms with Crippen molar-refractivity contribution in [2.24, 2.45) is 0 Å². The Kier molecular flexibility index (Phi) is 8.03. The van der Waals surface area contributed by atoms with Gasteiger partial charge in [-0.3, -0.25) is 14.6 Å². The number of nitrogens with zero attached hydrogens (tertiary/aromatic N) is 2. The van der Waals surface area contributed by atoms with Crippen molar-refractivity contribution in [3.8, 4) is 0 Å². The minimum atomic E-state index is -0.722. The van der Waals surface area contributed by atoms with E-state index in [0.29, 0.717) is 6.04 Å². The number of likely N-dealkylation sites (tertiary alicyclic amines) is 1. The van der Waals surface area contributed by atoms with Gasteiger partial charge in [0.1, 0.15) is 0 Å². The number of carboxylic acid groups (broad SMARTS) is 1. The molecule has 0 atom stereocenters. The summed E-state index contributed by atoms with van der Waals surface area (Å²) in [5, 5.41) is 9.00. The van der Waals surface area contributed by atoms with E-state index in [0.717, 1.165) is 39.0 Å². The molecule has 0 amide bonds. The quantitative estimate of drug-likeness (QED) is 0.864. The molecule has 1 N–H and O–H groups in total. The zero-order chi connectivity index (χ0) is 16.1. The van der Waals surface area contributed by atoms with Gasteiger partial charge in [0.15, 0.2) is 0 Å². The fourth-order valence-corrected chi connectivity index (χ4v) is 3.44. The van der Waals surface area contributed by atoms with Gasteiger partial charge in [-0.25, -0.2) is 0 Å². The SMILES string of the molecule is CCN(CC(=O)O)C1CCN(Cc2c(C)cccc2C)CC1.Cl. The van der Waals surface area contributed by atoms with Gasteiger partial charge < -0.3 is 5.11 Å². The molecule has 5 heteroatoms. The van der Waals surface area contributed by atoms with Crippen molar-refractivity contribution in [1.29, 1.82) is 0 Å². The average Bonchev–Trinajstić information content (AvgIpc) is 2.49. The van der Waals surface area contributed by atoms with Crippen molar-refractivity contribution in [2.45, 2.75) is 46.2 Å². The second kappa shape index (κ2) is 9.26. The summed E-state index contributed by atoms with van der Waals surface area (Å²) in [5.74, 6) is -0.722. The summed E-state index contributed by atoms with van der Waals surface area (Å²) in [4.78, 5) is 15.5. The molecule has 1 aromatic carbocycles. The molecule has 2 rings (SSSR count). The fraction of sp³-hybridized carbons (Fsp3) is 0.611. The lowest BCUT2D eigenvalue weighted by Gasteiger charge is -2.37. The third-order valence-corrected chi connectivity index (χ3v) is 4.84. The molecule has 0 spiro atoms.